The quantitative estimate of drug-likeness (QED) is 0.766. The summed E-state index contributed by atoms with van der Waals surface area (Å²) in [7, 11) is -3.57. The first kappa shape index (κ1) is 20.1. The highest BCUT2D eigenvalue weighted by molar-refractivity contribution is 7.89. The Balaban J connectivity index is 1.56. The summed E-state index contributed by atoms with van der Waals surface area (Å²) in [5.74, 6) is 1.19. The van der Waals surface area contributed by atoms with Crippen molar-refractivity contribution < 1.29 is 13.2 Å². The normalized spacial score (nSPS) is 21.1. The van der Waals surface area contributed by atoms with Crippen molar-refractivity contribution in [2.24, 2.45) is 5.41 Å². The van der Waals surface area contributed by atoms with Gasteiger partial charge in [-0.25, -0.2) is 18.4 Å². The van der Waals surface area contributed by atoms with Crippen molar-refractivity contribution in [2.45, 2.75) is 38.0 Å². The zero-order chi connectivity index (χ0) is 20.5. The number of piperidine rings is 1. The molecule has 2 aliphatic heterocycles. The minimum atomic E-state index is -3.57. The van der Waals surface area contributed by atoms with Gasteiger partial charge in [-0.2, -0.15) is 4.31 Å². The van der Waals surface area contributed by atoms with Crippen molar-refractivity contribution in [3.05, 3.63) is 42.2 Å². The number of nitrogens with zero attached hydrogens (tertiary/aromatic N) is 4. The van der Waals surface area contributed by atoms with Gasteiger partial charge in [-0.3, -0.25) is 0 Å². The first-order valence-electron chi connectivity index (χ1n) is 10.3. The summed E-state index contributed by atoms with van der Waals surface area (Å²) in [5.41, 5.74) is 0.911. The number of hydrogen-bond acceptors (Lipinski definition) is 6. The second-order valence-electron chi connectivity index (χ2n) is 7.90. The number of para-hydroxylation sites is 1. The zero-order valence-electron chi connectivity index (χ0n) is 17.0. The summed E-state index contributed by atoms with van der Waals surface area (Å²) in [6.07, 6.45) is 6.35. The predicted molar refractivity (Wildman–Crippen MR) is 112 cm³/mol. The van der Waals surface area contributed by atoms with E-state index in [1.807, 2.05) is 25.4 Å². The molecule has 8 heteroatoms. The highest BCUT2D eigenvalue weighted by Crippen LogP contribution is 2.39. The molecule has 1 spiro atoms. The molecule has 1 aromatic heterocycles. The molecule has 0 saturated carbocycles. The van der Waals surface area contributed by atoms with Crippen LogP contribution in [0.1, 0.15) is 32.3 Å². The third-order valence-electron chi connectivity index (χ3n) is 6.07. The van der Waals surface area contributed by atoms with Crippen LogP contribution in [0.25, 0.3) is 0 Å². The number of fused-ring (bicyclic) bond motifs is 1. The number of benzene rings is 1. The van der Waals surface area contributed by atoms with E-state index in [2.05, 4.69) is 21.8 Å². The Labute approximate surface area is 172 Å². The largest absolute Gasteiger partial charge is 0.492 e. The molecule has 4 rings (SSSR count). The lowest BCUT2D eigenvalue weighted by Crippen LogP contribution is -2.51. The number of hydrogen-bond donors (Lipinski definition) is 0. The Kier molecular flexibility index (Phi) is 5.48. The Morgan fingerprint density at radius 3 is 2.45 bits per heavy atom. The van der Waals surface area contributed by atoms with E-state index < -0.39 is 10.0 Å². The van der Waals surface area contributed by atoms with Crippen LogP contribution in [-0.2, 0) is 16.4 Å². The van der Waals surface area contributed by atoms with Crippen molar-refractivity contribution >= 4 is 16.0 Å². The van der Waals surface area contributed by atoms with Crippen LogP contribution in [0.5, 0.6) is 5.75 Å². The first-order valence-corrected chi connectivity index (χ1v) is 11.7. The van der Waals surface area contributed by atoms with E-state index >= 15 is 0 Å². The summed E-state index contributed by atoms with van der Waals surface area (Å²) in [5, 5.41) is 0. The van der Waals surface area contributed by atoms with Crippen LogP contribution >= 0.6 is 0 Å². The standard InChI is InChI=1S/C21H28N4O3S/c1-3-17-13-22-20(23-14-17)24-11-9-21(10-12-24)15-25(4-2)29(26,27)19-8-6-5-7-18(19)28-16-21/h5-8,13-14H,3-4,9-12,15-16H2,1-2H3. The number of aryl methyl sites for hydroxylation is 1. The minimum absolute atomic E-state index is 0.212. The summed E-state index contributed by atoms with van der Waals surface area (Å²) >= 11 is 0. The lowest BCUT2D eigenvalue weighted by atomic mass is 9.79. The molecule has 29 heavy (non-hydrogen) atoms. The van der Waals surface area contributed by atoms with Gasteiger partial charge < -0.3 is 9.64 Å². The van der Waals surface area contributed by atoms with E-state index in [-0.39, 0.29) is 10.3 Å². The summed E-state index contributed by atoms with van der Waals surface area (Å²) in [6, 6.07) is 6.94. The topological polar surface area (TPSA) is 75.6 Å². The smallest absolute Gasteiger partial charge is 0.246 e. The first-order chi connectivity index (χ1) is 14.0. The predicted octanol–water partition coefficient (Wildman–Crippen LogP) is 2.73. The fraction of sp³-hybridized carbons (Fsp3) is 0.524. The Hall–Kier alpha value is -2.19. The van der Waals surface area contributed by atoms with Gasteiger partial charge in [0.05, 0.1) is 6.61 Å². The van der Waals surface area contributed by atoms with E-state index in [4.69, 9.17) is 4.74 Å². The monoisotopic (exact) mass is 416 g/mol. The van der Waals surface area contributed by atoms with Crippen LogP contribution in [-0.4, -0.2) is 55.5 Å². The zero-order valence-corrected chi connectivity index (χ0v) is 17.9. The van der Waals surface area contributed by atoms with E-state index in [1.54, 1.807) is 22.5 Å². The van der Waals surface area contributed by atoms with Gasteiger partial charge in [-0.05, 0) is 37.0 Å². The lowest BCUT2D eigenvalue weighted by Gasteiger charge is -2.44. The fourth-order valence-electron chi connectivity index (χ4n) is 4.12. The van der Waals surface area contributed by atoms with Gasteiger partial charge in [-0.1, -0.05) is 26.0 Å². The minimum Gasteiger partial charge on any atom is -0.492 e. The molecule has 0 amide bonds. The van der Waals surface area contributed by atoms with Crippen molar-refractivity contribution in [2.75, 3.05) is 37.7 Å². The summed E-state index contributed by atoms with van der Waals surface area (Å²) < 4.78 is 34.1. The number of aromatic nitrogens is 2. The molecule has 0 N–H and O–H groups in total. The molecule has 7 nitrogen and oxygen atoms in total. The van der Waals surface area contributed by atoms with Gasteiger partial charge in [0.1, 0.15) is 10.6 Å². The van der Waals surface area contributed by atoms with Crippen LogP contribution in [0.2, 0.25) is 0 Å². The number of anilines is 1. The molecule has 0 unspecified atom stereocenters. The van der Waals surface area contributed by atoms with Crippen LogP contribution in [0, 0.1) is 5.41 Å². The third kappa shape index (κ3) is 3.83. The Morgan fingerprint density at radius 2 is 1.79 bits per heavy atom. The molecule has 1 aromatic carbocycles. The van der Waals surface area contributed by atoms with Gasteiger partial charge >= 0.3 is 0 Å². The summed E-state index contributed by atoms with van der Waals surface area (Å²) in [4.78, 5) is 11.4. The van der Waals surface area contributed by atoms with Gasteiger partial charge in [0, 0.05) is 44.0 Å². The molecule has 2 aliphatic rings. The number of ether oxygens (including phenoxy) is 1. The van der Waals surface area contributed by atoms with E-state index in [1.165, 1.54) is 0 Å². The second-order valence-corrected chi connectivity index (χ2v) is 9.80. The van der Waals surface area contributed by atoms with E-state index in [9.17, 15) is 8.42 Å². The van der Waals surface area contributed by atoms with Crippen LogP contribution in [0.15, 0.2) is 41.6 Å². The second kappa shape index (κ2) is 7.91. The molecular weight excluding hydrogens is 388 g/mol. The fourth-order valence-corrected chi connectivity index (χ4v) is 5.81. The summed E-state index contributed by atoms with van der Waals surface area (Å²) in [6.45, 7) is 6.99. The van der Waals surface area contributed by atoms with Gasteiger partial charge in [0.15, 0.2) is 0 Å². The molecular formula is C21H28N4O3S. The molecule has 0 radical (unpaired) electrons. The SMILES string of the molecule is CCc1cnc(N2CCC3(CC2)COc2ccccc2S(=O)(=O)N(CC)C3)nc1. The highest BCUT2D eigenvalue weighted by Gasteiger charge is 2.42. The van der Waals surface area contributed by atoms with Gasteiger partial charge in [0.25, 0.3) is 0 Å². The molecule has 3 heterocycles. The van der Waals surface area contributed by atoms with E-state index in [0.29, 0.717) is 25.4 Å². The van der Waals surface area contributed by atoms with Crippen LogP contribution in [0.3, 0.4) is 0 Å². The van der Waals surface area contributed by atoms with Gasteiger partial charge in [0.2, 0.25) is 16.0 Å². The van der Waals surface area contributed by atoms with E-state index in [0.717, 1.165) is 43.9 Å². The van der Waals surface area contributed by atoms with Crippen LogP contribution in [0.4, 0.5) is 5.95 Å². The number of rotatable bonds is 3. The van der Waals surface area contributed by atoms with Crippen molar-refractivity contribution in [1.29, 1.82) is 0 Å². The molecule has 1 saturated heterocycles. The lowest BCUT2D eigenvalue weighted by molar-refractivity contribution is 0.0829. The maximum atomic E-state index is 13.2. The average Bonchev–Trinajstić information content (AvgIpc) is 2.76. The van der Waals surface area contributed by atoms with Gasteiger partial charge in [-0.15, -0.1) is 0 Å². The maximum Gasteiger partial charge on any atom is 0.246 e. The van der Waals surface area contributed by atoms with Crippen molar-refractivity contribution in [3.8, 4) is 5.75 Å². The maximum absolute atomic E-state index is 13.2. The number of sulfonamides is 1. The highest BCUT2D eigenvalue weighted by atomic mass is 32.2. The molecule has 0 aliphatic carbocycles. The molecule has 156 valence electrons. The molecule has 2 aromatic rings. The van der Waals surface area contributed by atoms with Crippen LogP contribution < -0.4 is 9.64 Å². The third-order valence-corrected chi connectivity index (χ3v) is 8.03. The van der Waals surface area contributed by atoms with Crippen molar-refractivity contribution in [3.63, 3.8) is 0 Å². The van der Waals surface area contributed by atoms with Crippen molar-refractivity contribution in [1.82, 2.24) is 14.3 Å². The molecule has 0 bridgehead atoms. The molecule has 1 fully saturated rings. The Bertz CT molecular complexity index is 954. The Morgan fingerprint density at radius 1 is 1.10 bits per heavy atom. The molecule has 0 atom stereocenters. The average molecular weight is 417 g/mol.